The number of piperazine rings is 1. The van der Waals surface area contributed by atoms with Crippen molar-refractivity contribution in [2.45, 2.75) is 13.8 Å². The molecule has 0 radical (unpaired) electrons. The molecule has 0 bridgehead atoms. The van der Waals surface area contributed by atoms with Gasteiger partial charge in [-0.2, -0.15) is 0 Å². The van der Waals surface area contributed by atoms with Crippen LogP contribution >= 0.6 is 11.3 Å². The number of rotatable bonds is 2. The van der Waals surface area contributed by atoms with E-state index >= 15 is 0 Å². The van der Waals surface area contributed by atoms with Gasteiger partial charge < -0.3 is 9.80 Å². The molecule has 122 valence electrons. The first-order chi connectivity index (χ1) is 11.0. The van der Waals surface area contributed by atoms with E-state index in [1.165, 1.54) is 10.9 Å². The average molecular weight is 337 g/mol. The van der Waals surface area contributed by atoms with Gasteiger partial charge in [-0.3, -0.25) is 4.79 Å². The number of hydrogen-bond acceptors (Lipinski definition) is 4. The Labute approximate surface area is 137 Å². The molecular formula is C16H17F2N3OS. The molecule has 1 aromatic heterocycles. The first kappa shape index (κ1) is 15.9. The van der Waals surface area contributed by atoms with Gasteiger partial charge >= 0.3 is 0 Å². The Kier molecular flexibility index (Phi) is 4.30. The number of aromatic nitrogens is 1. The van der Waals surface area contributed by atoms with Crippen LogP contribution in [0.2, 0.25) is 0 Å². The van der Waals surface area contributed by atoms with Crippen LogP contribution in [0, 0.1) is 25.5 Å². The van der Waals surface area contributed by atoms with E-state index in [0.717, 1.165) is 23.0 Å². The first-order valence-electron chi connectivity index (χ1n) is 7.39. The van der Waals surface area contributed by atoms with Crippen LogP contribution in [0.15, 0.2) is 18.2 Å². The molecule has 1 aliphatic rings. The molecule has 0 atom stereocenters. The second kappa shape index (κ2) is 6.23. The highest BCUT2D eigenvalue weighted by Crippen LogP contribution is 2.26. The van der Waals surface area contributed by atoms with Crippen molar-refractivity contribution < 1.29 is 13.6 Å². The molecule has 0 saturated carbocycles. The van der Waals surface area contributed by atoms with Crippen LogP contribution in [0.5, 0.6) is 0 Å². The Balaban J connectivity index is 1.66. The third kappa shape index (κ3) is 3.19. The van der Waals surface area contributed by atoms with E-state index in [4.69, 9.17) is 0 Å². The normalized spacial score (nSPS) is 15.1. The zero-order valence-corrected chi connectivity index (χ0v) is 13.8. The molecule has 4 nitrogen and oxygen atoms in total. The van der Waals surface area contributed by atoms with Crippen molar-refractivity contribution in [3.8, 4) is 0 Å². The van der Waals surface area contributed by atoms with Gasteiger partial charge in [-0.1, -0.05) is 0 Å². The van der Waals surface area contributed by atoms with Crippen molar-refractivity contribution in [1.29, 1.82) is 0 Å². The van der Waals surface area contributed by atoms with Crippen LogP contribution in [0.3, 0.4) is 0 Å². The topological polar surface area (TPSA) is 36.4 Å². The van der Waals surface area contributed by atoms with E-state index in [2.05, 4.69) is 9.88 Å². The Morgan fingerprint density at radius 2 is 1.83 bits per heavy atom. The van der Waals surface area contributed by atoms with Crippen molar-refractivity contribution in [3.63, 3.8) is 0 Å². The Morgan fingerprint density at radius 3 is 2.39 bits per heavy atom. The third-order valence-corrected chi connectivity index (χ3v) is 5.15. The Hall–Kier alpha value is -2.02. The predicted molar refractivity (Wildman–Crippen MR) is 86.1 cm³/mol. The van der Waals surface area contributed by atoms with Gasteiger partial charge in [0.2, 0.25) is 0 Å². The number of hydrogen-bond donors (Lipinski definition) is 0. The second-order valence-electron chi connectivity index (χ2n) is 5.55. The lowest BCUT2D eigenvalue weighted by atomic mass is 10.1. The SMILES string of the molecule is Cc1nc(N2CCN(C(=O)c3ccc(F)c(F)c3)CC2)sc1C. The molecule has 23 heavy (non-hydrogen) atoms. The molecule has 1 aliphatic heterocycles. The fraction of sp³-hybridized carbons (Fsp3) is 0.375. The lowest BCUT2D eigenvalue weighted by Crippen LogP contribution is -2.48. The summed E-state index contributed by atoms with van der Waals surface area (Å²) in [6, 6.07) is 3.26. The van der Waals surface area contributed by atoms with Crippen molar-refractivity contribution >= 4 is 22.4 Å². The summed E-state index contributed by atoms with van der Waals surface area (Å²) in [5.41, 5.74) is 1.21. The Bertz CT molecular complexity index is 719. The van der Waals surface area contributed by atoms with Crippen LogP contribution < -0.4 is 4.90 Å². The quantitative estimate of drug-likeness (QED) is 0.845. The number of carbonyl (C=O) groups is 1. The van der Waals surface area contributed by atoms with Crippen LogP contribution in [-0.4, -0.2) is 42.0 Å². The number of anilines is 1. The van der Waals surface area contributed by atoms with Gasteiger partial charge in [-0.05, 0) is 32.0 Å². The van der Waals surface area contributed by atoms with Crippen LogP contribution in [-0.2, 0) is 0 Å². The molecular weight excluding hydrogens is 320 g/mol. The molecule has 0 unspecified atom stereocenters. The lowest BCUT2D eigenvalue weighted by Gasteiger charge is -2.34. The number of carbonyl (C=O) groups excluding carboxylic acids is 1. The van der Waals surface area contributed by atoms with Gasteiger partial charge in [0.15, 0.2) is 16.8 Å². The van der Waals surface area contributed by atoms with Gasteiger partial charge in [0.25, 0.3) is 5.91 Å². The Morgan fingerprint density at radius 1 is 1.13 bits per heavy atom. The highest BCUT2D eigenvalue weighted by molar-refractivity contribution is 7.15. The lowest BCUT2D eigenvalue weighted by molar-refractivity contribution is 0.0746. The van der Waals surface area contributed by atoms with E-state index in [-0.39, 0.29) is 11.5 Å². The summed E-state index contributed by atoms with van der Waals surface area (Å²) in [6.45, 7) is 6.46. The fourth-order valence-corrected chi connectivity index (χ4v) is 3.47. The summed E-state index contributed by atoms with van der Waals surface area (Å²) in [4.78, 5) is 21.9. The number of benzene rings is 1. The number of thiazole rings is 1. The van der Waals surface area contributed by atoms with Gasteiger partial charge in [-0.25, -0.2) is 13.8 Å². The molecule has 3 rings (SSSR count). The molecule has 2 aromatic rings. The van der Waals surface area contributed by atoms with Crippen molar-refractivity contribution in [2.24, 2.45) is 0 Å². The monoisotopic (exact) mass is 337 g/mol. The van der Waals surface area contributed by atoms with E-state index in [1.54, 1.807) is 16.2 Å². The minimum Gasteiger partial charge on any atom is -0.345 e. The van der Waals surface area contributed by atoms with Crippen molar-refractivity contribution in [2.75, 3.05) is 31.1 Å². The maximum Gasteiger partial charge on any atom is 0.254 e. The summed E-state index contributed by atoms with van der Waals surface area (Å²) in [5, 5.41) is 0.972. The van der Waals surface area contributed by atoms with Gasteiger partial charge in [0.1, 0.15) is 0 Å². The van der Waals surface area contributed by atoms with E-state index < -0.39 is 11.6 Å². The molecule has 1 amide bonds. The average Bonchev–Trinajstić information content (AvgIpc) is 2.89. The van der Waals surface area contributed by atoms with Gasteiger partial charge in [0, 0.05) is 36.6 Å². The molecule has 0 N–H and O–H groups in total. The van der Waals surface area contributed by atoms with Crippen LogP contribution in [0.1, 0.15) is 20.9 Å². The highest BCUT2D eigenvalue weighted by Gasteiger charge is 2.24. The molecule has 0 aliphatic carbocycles. The number of amides is 1. The molecule has 1 aromatic carbocycles. The maximum absolute atomic E-state index is 13.3. The summed E-state index contributed by atoms with van der Waals surface area (Å²) in [5.74, 6) is -2.21. The van der Waals surface area contributed by atoms with E-state index in [0.29, 0.717) is 26.2 Å². The smallest absolute Gasteiger partial charge is 0.254 e. The molecule has 0 spiro atoms. The van der Waals surface area contributed by atoms with E-state index in [1.807, 2.05) is 13.8 Å². The predicted octanol–water partition coefficient (Wildman–Crippen LogP) is 3.00. The maximum atomic E-state index is 13.3. The second-order valence-corrected chi connectivity index (χ2v) is 6.73. The van der Waals surface area contributed by atoms with Gasteiger partial charge in [0.05, 0.1) is 5.69 Å². The minimum atomic E-state index is -0.997. The van der Waals surface area contributed by atoms with Gasteiger partial charge in [-0.15, -0.1) is 11.3 Å². The summed E-state index contributed by atoms with van der Waals surface area (Å²) >= 11 is 1.65. The van der Waals surface area contributed by atoms with E-state index in [9.17, 15) is 13.6 Å². The molecule has 7 heteroatoms. The molecule has 1 saturated heterocycles. The molecule has 2 heterocycles. The fourth-order valence-electron chi connectivity index (χ4n) is 2.50. The largest absolute Gasteiger partial charge is 0.345 e. The first-order valence-corrected chi connectivity index (χ1v) is 8.20. The molecule has 1 fully saturated rings. The summed E-state index contributed by atoms with van der Waals surface area (Å²) < 4.78 is 26.2. The number of aryl methyl sites for hydroxylation is 2. The summed E-state index contributed by atoms with van der Waals surface area (Å²) in [6.07, 6.45) is 0. The van der Waals surface area contributed by atoms with Crippen molar-refractivity contribution in [3.05, 3.63) is 46.0 Å². The zero-order chi connectivity index (χ0) is 16.6. The minimum absolute atomic E-state index is 0.179. The zero-order valence-electron chi connectivity index (χ0n) is 13.0. The highest BCUT2D eigenvalue weighted by atomic mass is 32.1. The van der Waals surface area contributed by atoms with Crippen LogP contribution in [0.4, 0.5) is 13.9 Å². The number of halogens is 2. The third-order valence-electron chi connectivity index (χ3n) is 4.02. The summed E-state index contributed by atoms with van der Waals surface area (Å²) in [7, 11) is 0. The number of nitrogens with zero attached hydrogens (tertiary/aromatic N) is 3. The van der Waals surface area contributed by atoms with Crippen LogP contribution in [0.25, 0.3) is 0 Å². The standard InChI is InChI=1S/C16H17F2N3OS/c1-10-11(2)23-16(19-10)21-7-5-20(6-8-21)15(22)12-3-4-13(17)14(18)9-12/h3-4,9H,5-8H2,1-2H3. The van der Waals surface area contributed by atoms with Crippen molar-refractivity contribution in [1.82, 2.24) is 9.88 Å².